The molecule has 0 aliphatic carbocycles. The SMILES string of the molecule is COc1ccc(CC(=O)NC2CCCNC2)cc1OC. The molecule has 2 rings (SSSR count). The summed E-state index contributed by atoms with van der Waals surface area (Å²) in [5.41, 5.74) is 0.920. The molecule has 0 saturated carbocycles. The summed E-state index contributed by atoms with van der Waals surface area (Å²) in [7, 11) is 3.19. The monoisotopic (exact) mass is 278 g/mol. The molecule has 1 unspecified atom stereocenters. The van der Waals surface area contributed by atoms with Crippen LogP contribution >= 0.6 is 0 Å². The van der Waals surface area contributed by atoms with Gasteiger partial charge in [0.05, 0.1) is 20.6 Å². The molecule has 1 saturated heterocycles. The van der Waals surface area contributed by atoms with Crippen LogP contribution in [0.1, 0.15) is 18.4 Å². The van der Waals surface area contributed by atoms with Crippen LogP contribution in [0.2, 0.25) is 0 Å². The molecule has 5 heteroatoms. The maximum Gasteiger partial charge on any atom is 0.224 e. The molecule has 1 amide bonds. The third-order valence-electron chi connectivity index (χ3n) is 3.47. The molecule has 1 atom stereocenters. The summed E-state index contributed by atoms with van der Waals surface area (Å²) in [5, 5.41) is 6.35. The summed E-state index contributed by atoms with van der Waals surface area (Å²) in [4.78, 5) is 12.0. The smallest absolute Gasteiger partial charge is 0.224 e. The van der Waals surface area contributed by atoms with Gasteiger partial charge in [0.25, 0.3) is 0 Å². The van der Waals surface area contributed by atoms with Crippen molar-refractivity contribution in [1.82, 2.24) is 10.6 Å². The topological polar surface area (TPSA) is 59.6 Å². The minimum Gasteiger partial charge on any atom is -0.493 e. The van der Waals surface area contributed by atoms with Gasteiger partial charge in [0.2, 0.25) is 5.91 Å². The summed E-state index contributed by atoms with van der Waals surface area (Å²) < 4.78 is 10.4. The van der Waals surface area contributed by atoms with Gasteiger partial charge >= 0.3 is 0 Å². The van der Waals surface area contributed by atoms with Crippen molar-refractivity contribution in [3.8, 4) is 11.5 Å². The summed E-state index contributed by atoms with van der Waals surface area (Å²) in [6.07, 6.45) is 2.52. The number of nitrogens with one attached hydrogen (secondary N) is 2. The van der Waals surface area contributed by atoms with E-state index < -0.39 is 0 Å². The highest BCUT2D eigenvalue weighted by Gasteiger charge is 2.16. The minimum atomic E-state index is 0.0471. The predicted octanol–water partition coefficient (Wildman–Crippen LogP) is 1.11. The quantitative estimate of drug-likeness (QED) is 0.847. The molecule has 2 N–H and O–H groups in total. The second-order valence-corrected chi connectivity index (χ2v) is 4.98. The van der Waals surface area contributed by atoms with Crippen molar-refractivity contribution in [2.24, 2.45) is 0 Å². The van der Waals surface area contributed by atoms with Crippen molar-refractivity contribution < 1.29 is 14.3 Å². The van der Waals surface area contributed by atoms with Crippen LogP contribution in [0.5, 0.6) is 11.5 Å². The molecule has 1 fully saturated rings. The van der Waals surface area contributed by atoms with Crippen molar-refractivity contribution in [3.63, 3.8) is 0 Å². The lowest BCUT2D eigenvalue weighted by molar-refractivity contribution is -0.121. The fraction of sp³-hybridized carbons (Fsp3) is 0.533. The van der Waals surface area contributed by atoms with E-state index >= 15 is 0 Å². The van der Waals surface area contributed by atoms with E-state index in [1.165, 1.54) is 0 Å². The molecule has 0 radical (unpaired) electrons. The van der Waals surface area contributed by atoms with Crippen LogP contribution in [0, 0.1) is 0 Å². The zero-order valence-electron chi connectivity index (χ0n) is 12.1. The molecule has 110 valence electrons. The molecule has 1 aliphatic heterocycles. The largest absolute Gasteiger partial charge is 0.493 e. The van der Waals surface area contributed by atoms with Gasteiger partial charge in [-0.1, -0.05) is 6.07 Å². The first-order valence-corrected chi connectivity index (χ1v) is 6.94. The normalized spacial score (nSPS) is 18.4. The van der Waals surface area contributed by atoms with Crippen LogP contribution in [0.4, 0.5) is 0 Å². The number of hydrogen-bond donors (Lipinski definition) is 2. The Kier molecular flexibility index (Phi) is 5.24. The maximum atomic E-state index is 12.0. The van der Waals surface area contributed by atoms with Crippen LogP contribution in [-0.4, -0.2) is 39.3 Å². The van der Waals surface area contributed by atoms with Gasteiger partial charge in [-0.15, -0.1) is 0 Å². The van der Waals surface area contributed by atoms with Crippen molar-refractivity contribution in [2.75, 3.05) is 27.3 Å². The summed E-state index contributed by atoms with van der Waals surface area (Å²) >= 11 is 0. The third-order valence-corrected chi connectivity index (χ3v) is 3.47. The van der Waals surface area contributed by atoms with Crippen LogP contribution in [0.15, 0.2) is 18.2 Å². The lowest BCUT2D eigenvalue weighted by atomic mass is 10.1. The molecule has 0 aromatic heterocycles. The lowest BCUT2D eigenvalue weighted by Crippen LogP contribution is -2.46. The highest BCUT2D eigenvalue weighted by atomic mass is 16.5. The van der Waals surface area contributed by atoms with E-state index in [1.807, 2.05) is 18.2 Å². The molecule has 1 aliphatic rings. The fourth-order valence-electron chi connectivity index (χ4n) is 2.43. The Labute approximate surface area is 119 Å². The number of carbonyl (C=O) groups is 1. The number of carbonyl (C=O) groups excluding carboxylic acids is 1. The number of hydrogen-bond acceptors (Lipinski definition) is 4. The average molecular weight is 278 g/mol. The van der Waals surface area contributed by atoms with Gasteiger partial charge in [0, 0.05) is 12.6 Å². The molecule has 1 aromatic carbocycles. The first-order valence-electron chi connectivity index (χ1n) is 6.94. The van der Waals surface area contributed by atoms with Crippen molar-refractivity contribution in [1.29, 1.82) is 0 Å². The van der Waals surface area contributed by atoms with E-state index in [0.717, 1.165) is 31.5 Å². The molecule has 1 aromatic rings. The van der Waals surface area contributed by atoms with Gasteiger partial charge in [0.1, 0.15) is 0 Å². The predicted molar refractivity (Wildman–Crippen MR) is 77.3 cm³/mol. The lowest BCUT2D eigenvalue weighted by Gasteiger charge is -2.23. The number of benzene rings is 1. The number of ether oxygens (including phenoxy) is 2. The molecular formula is C15H22N2O3. The summed E-state index contributed by atoms with van der Waals surface area (Å²) in [5.74, 6) is 1.37. The van der Waals surface area contributed by atoms with E-state index in [1.54, 1.807) is 14.2 Å². The molecule has 20 heavy (non-hydrogen) atoms. The Morgan fingerprint density at radius 1 is 1.35 bits per heavy atom. The molecule has 0 spiro atoms. The number of rotatable bonds is 5. The average Bonchev–Trinajstić information content (AvgIpc) is 2.48. The van der Waals surface area contributed by atoms with Crippen LogP contribution in [-0.2, 0) is 11.2 Å². The Morgan fingerprint density at radius 3 is 2.80 bits per heavy atom. The Bertz CT molecular complexity index is 456. The van der Waals surface area contributed by atoms with E-state index in [-0.39, 0.29) is 11.9 Å². The summed E-state index contributed by atoms with van der Waals surface area (Å²) in [6, 6.07) is 5.80. The third kappa shape index (κ3) is 3.87. The minimum absolute atomic E-state index is 0.0471. The maximum absolute atomic E-state index is 12.0. The van der Waals surface area contributed by atoms with E-state index in [0.29, 0.717) is 17.9 Å². The zero-order chi connectivity index (χ0) is 14.4. The molecule has 5 nitrogen and oxygen atoms in total. The van der Waals surface area contributed by atoms with Gasteiger partial charge in [-0.2, -0.15) is 0 Å². The Morgan fingerprint density at radius 2 is 2.15 bits per heavy atom. The van der Waals surface area contributed by atoms with Crippen LogP contribution in [0.3, 0.4) is 0 Å². The molecule has 1 heterocycles. The zero-order valence-corrected chi connectivity index (χ0v) is 12.1. The van der Waals surface area contributed by atoms with Crippen LogP contribution in [0.25, 0.3) is 0 Å². The van der Waals surface area contributed by atoms with Gasteiger partial charge in [0.15, 0.2) is 11.5 Å². The second-order valence-electron chi connectivity index (χ2n) is 4.98. The number of piperidine rings is 1. The van der Waals surface area contributed by atoms with Crippen molar-refractivity contribution in [2.45, 2.75) is 25.3 Å². The van der Waals surface area contributed by atoms with Gasteiger partial charge in [-0.25, -0.2) is 0 Å². The van der Waals surface area contributed by atoms with Gasteiger partial charge in [-0.05, 0) is 37.1 Å². The number of amides is 1. The number of methoxy groups -OCH3 is 2. The van der Waals surface area contributed by atoms with E-state index in [9.17, 15) is 4.79 Å². The first kappa shape index (κ1) is 14.7. The van der Waals surface area contributed by atoms with Gasteiger partial charge in [-0.3, -0.25) is 4.79 Å². The van der Waals surface area contributed by atoms with E-state index in [2.05, 4.69) is 10.6 Å². The highest BCUT2D eigenvalue weighted by Crippen LogP contribution is 2.27. The Balaban J connectivity index is 1.93. The van der Waals surface area contributed by atoms with Gasteiger partial charge < -0.3 is 20.1 Å². The molecule has 0 bridgehead atoms. The van der Waals surface area contributed by atoms with Crippen LogP contribution < -0.4 is 20.1 Å². The fourth-order valence-corrected chi connectivity index (χ4v) is 2.43. The Hall–Kier alpha value is -1.75. The molecular weight excluding hydrogens is 256 g/mol. The van der Waals surface area contributed by atoms with Crippen molar-refractivity contribution in [3.05, 3.63) is 23.8 Å². The summed E-state index contributed by atoms with van der Waals surface area (Å²) in [6.45, 7) is 1.90. The second kappa shape index (κ2) is 7.14. The first-order chi connectivity index (χ1) is 9.72. The standard InChI is InChI=1S/C15H22N2O3/c1-19-13-6-5-11(8-14(13)20-2)9-15(18)17-12-4-3-7-16-10-12/h5-6,8,12,16H,3-4,7,9-10H2,1-2H3,(H,17,18). The van der Waals surface area contributed by atoms with Crippen molar-refractivity contribution >= 4 is 5.91 Å². The van der Waals surface area contributed by atoms with E-state index in [4.69, 9.17) is 9.47 Å². The highest BCUT2D eigenvalue weighted by molar-refractivity contribution is 5.79.